The zero-order valence-electron chi connectivity index (χ0n) is 50.3. The minimum Gasteiger partial charge on any atom is -0.756 e. The minimum absolute atomic E-state index is 0.0212. The molecule has 440 valence electrons. The van der Waals surface area contributed by atoms with E-state index in [-0.39, 0.29) is 31.5 Å². The van der Waals surface area contributed by atoms with Crippen LogP contribution in [0, 0.1) is 0 Å². The molecule has 3 atom stereocenters. The number of hydrogen-bond acceptors (Lipinski definition) is 7. The van der Waals surface area contributed by atoms with Crippen LogP contribution in [0.5, 0.6) is 0 Å². The maximum atomic E-state index is 13.5. The van der Waals surface area contributed by atoms with Crippen molar-refractivity contribution < 1.29 is 37.3 Å². The first-order valence-corrected chi connectivity index (χ1v) is 33.4. The smallest absolute Gasteiger partial charge is 0.306 e. The number of rotatable bonds is 58. The molecule has 0 bridgehead atoms. The highest BCUT2D eigenvalue weighted by Crippen LogP contribution is 2.38. The number of phosphoric acid groups is 1. The third-order valence-corrected chi connectivity index (χ3v) is 15.2. The second-order valence-electron chi connectivity index (χ2n) is 22.9. The Morgan fingerprint density at radius 1 is 0.467 bits per heavy atom. The van der Waals surface area contributed by atoms with Gasteiger partial charge in [0.1, 0.15) is 19.3 Å². The molecule has 0 aromatic carbocycles. The van der Waals surface area contributed by atoms with Crippen LogP contribution in [0.15, 0.2) is 48.6 Å². The van der Waals surface area contributed by atoms with Gasteiger partial charge in [-0.1, -0.05) is 269 Å². The number of nitrogens with zero attached hydrogens (tertiary/aromatic N) is 1. The zero-order chi connectivity index (χ0) is 55.0. The maximum Gasteiger partial charge on any atom is 0.306 e. The van der Waals surface area contributed by atoms with Gasteiger partial charge in [0.05, 0.1) is 33.8 Å². The summed E-state index contributed by atoms with van der Waals surface area (Å²) in [7, 11) is 1.19. The molecule has 0 spiro atoms. The van der Waals surface area contributed by atoms with E-state index in [0.29, 0.717) is 17.4 Å². The van der Waals surface area contributed by atoms with Crippen LogP contribution in [0.4, 0.5) is 0 Å². The Hall–Kier alpha value is -2.03. The van der Waals surface area contributed by atoms with Gasteiger partial charge >= 0.3 is 5.97 Å². The highest BCUT2D eigenvalue weighted by Gasteiger charge is 2.27. The molecule has 0 aliphatic rings. The van der Waals surface area contributed by atoms with E-state index in [0.717, 1.165) is 70.6 Å². The molecule has 0 radical (unpaired) electrons. The monoisotopic (exact) mass is 1070 g/mol. The summed E-state index contributed by atoms with van der Waals surface area (Å²) < 4.78 is 30.3. The summed E-state index contributed by atoms with van der Waals surface area (Å²) in [5, 5.41) is 3.03. The van der Waals surface area contributed by atoms with E-state index in [2.05, 4.69) is 62.5 Å². The predicted molar refractivity (Wildman–Crippen MR) is 321 cm³/mol. The van der Waals surface area contributed by atoms with E-state index in [1.807, 2.05) is 33.3 Å². The standard InChI is InChI=1S/C65H123N2O7P/c1-7-10-13-16-19-22-25-27-28-29-30-31-32-33-34-35-36-37-38-40-42-45-48-51-54-57-64(68)66-62(61-73-75(70,71)72-60-59-67(4,5)6)63(56-53-50-47-44-41-24-21-18-15-12-9-3)74-65(69)58-55-52-49-46-43-39-26-23-20-17-14-11-8-2/h19,22,27-28,30-31,53,56,62-63H,7-18,20-21,23-26,29,32-52,54-55,57-61H2,1-6H3,(H-,66,68,70,71)/b22-19-,28-27-,31-30-,56-53-. The summed E-state index contributed by atoms with van der Waals surface area (Å²) >= 11 is 0. The lowest BCUT2D eigenvalue weighted by Gasteiger charge is -2.30. The number of carbonyl (C=O) groups is 2. The first-order chi connectivity index (χ1) is 36.4. The van der Waals surface area contributed by atoms with Gasteiger partial charge in [0, 0.05) is 12.8 Å². The number of esters is 1. The average molecular weight is 1080 g/mol. The molecular formula is C65H123N2O7P. The van der Waals surface area contributed by atoms with Crippen molar-refractivity contribution in [3.8, 4) is 0 Å². The molecule has 0 aromatic rings. The lowest BCUT2D eigenvalue weighted by Crippen LogP contribution is -2.47. The molecule has 9 nitrogen and oxygen atoms in total. The number of phosphoric ester groups is 1. The van der Waals surface area contributed by atoms with Gasteiger partial charge in [-0.25, -0.2) is 0 Å². The number of unbranched alkanes of at least 4 members (excludes halogenated alkanes) is 36. The molecule has 0 saturated carbocycles. The van der Waals surface area contributed by atoms with Crippen LogP contribution in [-0.4, -0.2) is 69.4 Å². The lowest BCUT2D eigenvalue weighted by atomic mass is 10.0. The normalized spacial score (nSPS) is 14.0. The molecular weight excluding hydrogens is 952 g/mol. The van der Waals surface area contributed by atoms with Crippen LogP contribution in [0.1, 0.15) is 303 Å². The molecule has 0 aromatic heterocycles. The fraction of sp³-hybridized carbons (Fsp3) is 0.846. The number of allylic oxidation sites excluding steroid dienone is 7. The highest BCUT2D eigenvalue weighted by molar-refractivity contribution is 7.45. The maximum absolute atomic E-state index is 13.5. The SMILES string of the molecule is CCCCC/C=C\C/C=C\C/C=C\CCCCCCCCCCCCCCC(=O)NC(COP(=O)([O-])OCC[N+](C)(C)C)C(/C=C\CCCCCCCCCCC)OC(=O)CCCCCCCCCCCCCCC. The fourth-order valence-electron chi connectivity index (χ4n) is 9.29. The number of likely N-dealkylation sites (N-methyl/N-ethyl adjacent to an activating group) is 1. The average Bonchev–Trinajstić information content (AvgIpc) is 3.37. The third-order valence-electron chi connectivity index (χ3n) is 14.3. The number of nitrogens with one attached hydrogen (secondary N) is 1. The van der Waals surface area contributed by atoms with E-state index < -0.39 is 20.0 Å². The van der Waals surface area contributed by atoms with Crippen LogP contribution in [0.3, 0.4) is 0 Å². The van der Waals surface area contributed by atoms with Crippen molar-refractivity contribution in [3.63, 3.8) is 0 Å². The summed E-state index contributed by atoms with van der Waals surface area (Å²) in [6.45, 7) is 6.83. The second-order valence-corrected chi connectivity index (χ2v) is 24.3. The van der Waals surface area contributed by atoms with Crippen molar-refractivity contribution in [1.29, 1.82) is 0 Å². The number of quaternary nitrogens is 1. The molecule has 1 N–H and O–H groups in total. The van der Waals surface area contributed by atoms with Gasteiger partial charge < -0.3 is 28.5 Å². The highest BCUT2D eigenvalue weighted by atomic mass is 31.2. The number of ether oxygens (including phenoxy) is 1. The van der Waals surface area contributed by atoms with Crippen LogP contribution in [0.2, 0.25) is 0 Å². The Morgan fingerprint density at radius 2 is 0.813 bits per heavy atom. The van der Waals surface area contributed by atoms with Gasteiger partial charge in [0.2, 0.25) is 5.91 Å². The Morgan fingerprint density at radius 3 is 1.24 bits per heavy atom. The van der Waals surface area contributed by atoms with E-state index >= 15 is 0 Å². The largest absolute Gasteiger partial charge is 0.756 e. The van der Waals surface area contributed by atoms with E-state index in [1.165, 1.54) is 199 Å². The predicted octanol–water partition coefficient (Wildman–Crippen LogP) is 19.0. The Labute approximate surface area is 465 Å². The molecule has 1 amide bonds. The molecule has 10 heteroatoms. The van der Waals surface area contributed by atoms with E-state index in [4.69, 9.17) is 13.8 Å². The van der Waals surface area contributed by atoms with Crippen molar-refractivity contribution in [2.75, 3.05) is 40.9 Å². The first-order valence-electron chi connectivity index (χ1n) is 31.9. The van der Waals surface area contributed by atoms with Crippen molar-refractivity contribution >= 4 is 19.7 Å². The summed E-state index contributed by atoms with van der Waals surface area (Å²) in [4.78, 5) is 39.9. The Balaban J connectivity index is 5.05. The van der Waals surface area contributed by atoms with Gasteiger partial charge in [-0.15, -0.1) is 0 Å². The third kappa shape index (κ3) is 56.5. The molecule has 3 unspecified atom stereocenters. The second kappa shape index (κ2) is 55.3. The van der Waals surface area contributed by atoms with Crippen LogP contribution in [-0.2, 0) is 27.9 Å². The number of amides is 1. The number of carbonyl (C=O) groups excluding carboxylic acids is 2. The zero-order valence-corrected chi connectivity index (χ0v) is 51.2. The van der Waals surface area contributed by atoms with Crippen LogP contribution < -0.4 is 10.2 Å². The van der Waals surface area contributed by atoms with E-state index in [1.54, 1.807) is 0 Å². The summed E-state index contributed by atoms with van der Waals surface area (Å²) in [6.07, 6.45) is 67.9. The minimum atomic E-state index is -4.69. The van der Waals surface area contributed by atoms with Crippen LogP contribution >= 0.6 is 7.82 Å². The Bertz CT molecular complexity index is 1420. The summed E-state index contributed by atoms with van der Waals surface area (Å²) in [5.74, 6) is -0.533. The molecule has 75 heavy (non-hydrogen) atoms. The Kier molecular flexibility index (Phi) is 53.8. The number of hydrogen-bond donors (Lipinski definition) is 1. The van der Waals surface area contributed by atoms with E-state index in [9.17, 15) is 19.0 Å². The van der Waals surface area contributed by atoms with Crippen molar-refractivity contribution in [1.82, 2.24) is 5.32 Å². The van der Waals surface area contributed by atoms with Gasteiger partial charge in [-0.3, -0.25) is 14.2 Å². The van der Waals surface area contributed by atoms with Gasteiger partial charge in [0.15, 0.2) is 0 Å². The first kappa shape index (κ1) is 73.0. The fourth-order valence-corrected chi connectivity index (χ4v) is 10.0. The van der Waals surface area contributed by atoms with Gasteiger partial charge in [0.25, 0.3) is 7.82 Å². The van der Waals surface area contributed by atoms with Crippen molar-refractivity contribution in [3.05, 3.63) is 48.6 Å². The van der Waals surface area contributed by atoms with Gasteiger partial charge in [-0.2, -0.15) is 0 Å². The van der Waals surface area contributed by atoms with Gasteiger partial charge in [-0.05, 0) is 70.3 Å². The molecule has 0 aliphatic heterocycles. The molecule has 0 fully saturated rings. The molecule has 0 aliphatic carbocycles. The lowest BCUT2D eigenvalue weighted by molar-refractivity contribution is -0.870. The molecule has 0 saturated heterocycles. The van der Waals surface area contributed by atoms with Crippen molar-refractivity contribution in [2.24, 2.45) is 0 Å². The van der Waals surface area contributed by atoms with Crippen LogP contribution in [0.25, 0.3) is 0 Å². The summed E-state index contributed by atoms with van der Waals surface area (Å²) in [5.41, 5.74) is 0. The van der Waals surface area contributed by atoms with Crippen molar-refractivity contribution in [2.45, 2.75) is 315 Å². The molecule has 0 rings (SSSR count). The molecule has 0 heterocycles. The quantitative estimate of drug-likeness (QED) is 0.0212. The summed E-state index contributed by atoms with van der Waals surface area (Å²) in [6, 6.07) is -0.886. The topological polar surface area (TPSA) is 114 Å².